The topological polar surface area (TPSA) is 55.1 Å². The fourth-order valence-electron chi connectivity index (χ4n) is 1.75. The van der Waals surface area contributed by atoms with Crippen LogP contribution in [0.5, 0.6) is 0 Å². The number of aryl methyl sites for hydroxylation is 1. The molecule has 8 heteroatoms. The van der Waals surface area contributed by atoms with Crippen molar-refractivity contribution < 1.29 is 22.5 Å². The van der Waals surface area contributed by atoms with E-state index in [1.165, 1.54) is 6.92 Å². The molecule has 0 aliphatic carbocycles. The highest BCUT2D eigenvalue weighted by atomic mass is 35.5. The van der Waals surface area contributed by atoms with Crippen LogP contribution < -0.4 is 5.32 Å². The molecular formula is C13H10ClF3N2O2. The van der Waals surface area contributed by atoms with Crippen LogP contribution in [-0.4, -0.2) is 23.8 Å². The largest absolute Gasteiger partial charge is 0.405 e. The van der Waals surface area contributed by atoms with Crippen LogP contribution in [-0.2, 0) is 0 Å². The maximum absolute atomic E-state index is 12.2. The fraction of sp³-hybridized carbons (Fsp3) is 0.231. The summed E-state index contributed by atoms with van der Waals surface area (Å²) in [4.78, 5) is 11.9. The number of aromatic nitrogens is 1. The van der Waals surface area contributed by atoms with Gasteiger partial charge in [-0.1, -0.05) is 35.0 Å². The molecular weight excluding hydrogens is 309 g/mol. The minimum absolute atomic E-state index is 0.0626. The second-order valence-electron chi connectivity index (χ2n) is 4.24. The number of alkyl halides is 3. The number of hydrogen-bond acceptors (Lipinski definition) is 3. The van der Waals surface area contributed by atoms with Crippen LogP contribution in [0.15, 0.2) is 28.8 Å². The first-order valence-electron chi connectivity index (χ1n) is 5.85. The molecule has 0 fully saturated rings. The van der Waals surface area contributed by atoms with E-state index in [-0.39, 0.29) is 17.0 Å². The Morgan fingerprint density at radius 3 is 2.67 bits per heavy atom. The maximum atomic E-state index is 12.2. The van der Waals surface area contributed by atoms with Crippen molar-refractivity contribution in [2.75, 3.05) is 6.54 Å². The lowest BCUT2D eigenvalue weighted by molar-refractivity contribution is -0.123. The summed E-state index contributed by atoms with van der Waals surface area (Å²) in [6, 6.07) is 6.53. The molecule has 0 bridgehead atoms. The molecule has 1 aromatic heterocycles. The summed E-state index contributed by atoms with van der Waals surface area (Å²) in [6.45, 7) is 0.00820. The van der Waals surface area contributed by atoms with Crippen molar-refractivity contribution in [2.24, 2.45) is 0 Å². The highest BCUT2D eigenvalue weighted by molar-refractivity contribution is 6.33. The molecule has 1 amide bonds. The summed E-state index contributed by atoms with van der Waals surface area (Å²) in [5.74, 6) is -0.800. The molecule has 4 nitrogen and oxygen atoms in total. The lowest BCUT2D eigenvalue weighted by atomic mass is 10.1. The number of benzene rings is 1. The number of rotatable bonds is 3. The van der Waals surface area contributed by atoms with Gasteiger partial charge in [0.1, 0.15) is 23.6 Å². The molecule has 0 unspecified atom stereocenters. The molecule has 1 aromatic carbocycles. The highest BCUT2D eigenvalue weighted by Crippen LogP contribution is 2.31. The molecule has 0 aliphatic heterocycles. The van der Waals surface area contributed by atoms with Crippen LogP contribution in [0.1, 0.15) is 16.1 Å². The Kier molecular flexibility index (Phi) is 4.22. The van der Waals surface area contributed by atoms with Gasteiger partial charge in [-0.3, -0.25) is 4.79 Å². The van der Waals surface area contributed by atoms with E-state index < -0.39 is 18.6 Å². The van der Waals surface area contributed by atoms with Crippen molar-refractivity contribution in [3.8, 4) is 11.3 Å². The third kappa shape index (κ3) is 3.55. The van der Waals surface area contributed by atoms with Gasteiger partial charge < -0.3 is 9.84 Å². The third-order valence-electron chi connectivity index (χ3n) is 2.67. The van der Waals surface area contributed by atoms with Crippen LogP contribution in [0.2, 0.25) is 5.02 Å². The molecule has 0 radical (unpaired) electrons. The van der Waals surface area contributed by atoms with E-state index in [1.54, 1.807) is 29.6 Å². The lowest BCUT2D eigenvalue weighted by Gasteiger charge is -2.08. The number of nitrogens with one attached hydrogen (secondary N) is 1. The number of carbonyl (C=O) groups is 1. The zero-order chi connectivity index (χ0) is 15.6. The number of halogens is 4. The van der Waals surface area contributed by atoms with E-state index >= 15 is 0 Å². The number of amides is 1. The monoisotopic (exact) mass is 318 g/mol. The van der Waals surface area contributed by atoms with Crippen LogP contribution in [0.4, 0.5) is 13.2 Å². The van der Waals surface area contributed by atoms with E-state index in [1.807, 2.05) is 0 Å². The Bertz CT molecular complexity index is 668. The molecule has 112 valence electrons. The van der Waals surface area contributed by atoms with Crippen molar-refractivity contribution in [1.82, 2.24) is 10.5 Å². The molecule has 2 aromatic rings. The summed E-state index contributed by atoms with van der Waals surface area (Å²) < 4.78 is 41.4. The van der Waals surface area contributed by atoms with Gasteiger partial charge in [0, 0.05) is 5.56 Å². The van der Waals surface area contributed by atoms with Gasteiger partial charge in [-0.15, -0.1) is 0 Å². The molecule has 0 saturated carbocycles. The van der Waals surface area contributed by atoms with E-state index in [4.69, 9.17) is 16.1 Å². The van der Waals surface area contributed by atoms with Gasteiger partial charge in [0.15, 0.2) is 0 Å². The Labute approximate surface area is 122 Å². The third-order valence-corrected chi connectivity index (χ3v) is 3.00. The molecule has 1 N–H and O–H groups in total. The predicted octanol–water partition coefficient (Wildman–Crippen LogP) is 3.60. The summed E-state index contributed by atoms with van der Waals surface area (Å²) in [7, 11) is 0. The van der Waals surface area contributed by atoms with E-state index in [0.717, 1.165) is 0 Å². The zero-order valence-electron chi connectivity index (χ0n) is 10.8. The van der Waals surface area contributed by atoms with Crippen molar-refractivity contribution in [3.05, 3.63) is 40.6 Å². The second kappa shape index (κ2) is 5.77. The predicted molar refractivity (Wildman–Crippen MR) is 70.1 cm³/mol. The Balaban J connectivity index is 2.35. The Hall–Kier alpha value is -2.02. The minimum Gasteiger partial charge on any atom is -0.360 e. The van der Waals surface area contributed by atoms with Gasteiger partial charge in [-0.2, -0.15) is 13.2 Å². The minimum atomic E-state index is -4.49. The van der Waals surface area contributed by atoms with E-state index in [9.17, 15) is 18.0 Å². The van der Waals surface area contributed by atoms with Gasteiger partial charge in [0.05, 0.1) is 5.02 Å². The quantitative estimate of drug-likeness (QED) is 0.941. The van der Waals surface area contributed by atoms with E-state index in [2.05, 4.69) is 5.16 Å². The Morgan fingerprint density at radius 1 is 1.38 bits per heavy atom. The van der Waals surface area contributed by atoms with Crippen LogP contribution in [0, 0.1) is 6.92 Å². The van der Waals surface area contributed by atoms with Crippen LogP contribution in [0.3, 0.4) is 0 Å². The first-order valence-corrected chi connectivity index (χ1v) is 6.23. The molecule has 0 saturated heterocycles. The maximum Gasteiger partial charge on any atom is 0.405 e. The summed E-state index contributed by atoms with van der Waals surface area (Å²) in [5.41, 5.74) is 0.457. The second-order valence-corrected chi connectivity index (χ2v) is 4.65. The van der Waals surface area contributed by atoms with Crippen molar-refractivity contribution >= 4 is 17.5 Å². The number of nitrogens with zero attached hydrogens (tertiary/aromatic N) is 1. The SMILES string of the molecule is Cc1onc(-c2ccccc2Cl)c1C(=O)NCC(F)(F)F. The first-order chi connectivity index (χ1) is 9.79. The standard InChI is InChI=1S/C13H10ClF3N2O2/c1-7-10(12(20)18-6-13(15,16)17)11(19-21-7)8-4-2-3-5-9(8)14/h2-5H,6H2,1H3,(H,18,20). The molecule has 2 rings (SSSR count). The van der Waals surface area contributed by atoms with Gasteiger partial charge in [-0.05, 0) is 13.0 Å². The number of carbonyl (C=O) groups excluding carboxylic acids is 1. The van der Waals surface area contributed by atoms with Crippen LogP contribution in [0.25, 0.3) is 11.3 Å². The molecule has 0 atom stereocenters. The molecule has 1 heterocycles. The average molecular weight is 319 g/mol. The molecule has 21 heavy (non-hydrogen) atoms. The summed E-state index contributed by atoms with van der Waals surface area (Å²) >= 11 is 6.00. The van der Waals surface area contributed by atoms with Gasteiger partial charge in [0.2, 0.25) is 0 Å². The highest BCUT2D eigenvalue weighted by Gasteiger charge is 2.30. The normalized spacial score (nSPS) is 11.5. The van der Waals surface area contributed by atoms with Crippen molar-refractivity contribution in [2.45, 2.75) is 13.1 Å². The fourth-order valence-corrected chi connectivity index (χ4v) is 1.97. The first kappa shape index (κ1) is 15.4. The van der Waals surface area contributed by atoms with E-state index in [0.29, 0.717) is 10.6 Å². The summed E-state index contributed by atoms with van der Waals surface area (Å²) in [6.07, 6.45) is -4.49. The van der Waals surface area contributed by atoms with Crippen LogP contribution >= 0.6 is 11.6 Å². The Morgan fingerprint density at radius 2 is 2.05 bits per heavy atom. The molecule has 0 spiro atoms. The van der Waals surface area contributed by atoms with Gasteiger partial charge in [0.25, 0.3) is 5.91 Å². The number of hydrogen-bond donors (Lipinski definition) is 1. The molecule has 0 aliphatic rings. The smallest absolute Gasteiger partial charge is 0.360 e. The van der Waals surface area contributed by atoms with Gasteiger partial charge in [-0.25, -0.2) is 0 Å². The zero-order valence-corrected chi connectivity index (χ0v) is 11.5. The van der Waals surface area contributed by atoms with Crippen molar-refractivity contribution in [3.63, 3.8) is 0 Å². The van der Waals surface area contributed by atoms with Gasteiger partial charge >= 0.3 is 6.18 Å². The summed E-state index contributed by atoms with van der Waals surface area (Å²) in [5, 5.41) is 5.81. The lowest BCUT2D eigenvalue weighted by Crippen LogP contribution is -2.34. The average Bonchev–Trinajstić information content (AvgIpc) is 2.77. The van der Waals surface area contributed by atoms with Crippen molar-refractivity contribution in [1.29, 1.82) is 0 Å².